The second-order valence-corrected chi connectivity index (χ2v) is 5.30. The lowest BCUT2D eigenvalue weighted by Gasteiger charge is -2.16. The highest BCUT2D eigenvalue weighted by Crippen LogP contribution is 2.33. The van der Waals surface area contributed by atoms with Gasteiger partial charge in [0.05, 0.1) is 11.3 Å². The fraction of sp³-hybridized carbons (Fsp3) is 0.400. The highest BCUT2D eigenvalue weighted by molar-refractivity contribution is 6.31. The zero-order valence-corrected chi connectivity index (χ0v) is 12.2. The van der Waals surface area contributed by atoms with Gasteiger partial charge in [-0.2, -0.15) is 13.2 Å². The summed E-state index contributed by atoms with van der Waals surface area (Å²) in [4.78, 5) is 5.30. The first-order valence-electron chi connectivity index (χ1n) is 6.62. The first-order valence-corrected chi connectivity index (χ1v) is 7.00. The van der Waals surface area contributed by atoms with E-state index in [0.717, 1.165) is 25.3 Å². The molecule has 114 valence electrons. The molecule has 1 aromatic carbocycles. The van der Waals surface area contributed by atoms with Crippen LogP contribution in [0.5, 0.6) is 0 Å². The molecule has 0 spiro atoms. The molecular weight excluding hydrogens is 303 g/mol. The van der Waals surface area contributed by atoms with E-state index in [2.05, 4.69) is 5.16 Å². The molecule has 0 saturated heterocycles. The van der Waals surface area contributed by atoms with E-state index in [-0.39, 0.29) is 22.4 Å². The van der Waals surface area contributed by atoms with Crippen LogP contribution < -0.4 is 0 Å². The summed E-state index contributed by atoms with van der Waals surface area (Å²) in [5, 5.41) is 4.07. The second-order valence-electron chi connectivity index (χ2n) is 4.87. The zero-order chi connectivity index (χ0) is 15.5. The Morgan fingerprint density at radius 2 is 2.14 bits per heavy atom. The van der Waals surface area contributed by atoms with Crippen LogP contribution in [0.25, 0.3) is 0 Å². The zero-order valence-electron chi connectivity index (χ0n) is 11.5. The molecular formula is C15H15ClF3NO. The average molecular weight is 318 g/mol. The van der Waals surface area contributed by atoms with E-state index in [0.29, 0.717) is 0 Å². The van der Waals surface area contributed by atoms with Gasteiger partial charge in [-0.25, -0.2) is 0 Å². The number of nitrogens with zero attached hydrogens (tertiary/aromatic N) is 1. The summed E-state index contributed by atoms with van der Waals surface area (Å²) in [6.07, 6.45) is 2.02. The van der Waals surface area contributed by atoms with Gasteiger partial charge in [0, 0.05) is 10.6 Å². The van der Waals surface area contributed by atoms with Crippen LogP contribution in [0.3, 0.4) is 0 Å². The molecule has 1 aliphatic rings. The van der Waals surface area contributed by atoms with Crippen molar-refractivity contribution in [2.75, 3.05) is 0 Å². The van der Waals surface area contributed by atoms with Gasteiger partial charge in [0.1, 0.15) is 6.10 Å². The molecule has 6 heteroatoms. The highest BCUT2D eigenvalue weighted by atomic mass is 35.5. The molecule has 0 saturated carbocycles. The maximum atomic E-state index is 13.0. The third-order valence-corrected chi connectivity index (χ3v) is 3.45. The summed E-state index contributed by atoms with van der Waals surface area (Å²) in [7, 11) is 0. The number of oxime groups is 1. The van der Waals surface area contributed by atoms with E-state index >= 15 is 0 Å². The summed E-state index contributed by atoms with van der Waals surface area (Å²) in [6.45, 7) is 1.48. The number of benzene rings is 1. The van der Waals surface area contributed by atoms with Crippen molar-refractivity contribution in [3.8, 4) is 0 Å². The second kappa shape index (κ2) is 6.52. The topological polar surface area (TPSA) is 21.6 Å². The van der Waals surface area contributed by atoms with Crippen molar-refractivity contribution in [2.45, 2.75) is 38.5 Å². The Bertz CT molecular complexity index is 567. The Morgan fingerprint density at radius 3 is 2.76 bits per heavy atom. The predicted octanol–water partition coefficient (Wildman–Crippen LogP) is 5.21. The van der Waals surface area contributed by atoms with Gasteiger partial charge in [0.25, 0.3) is 0 Å². The number of hydrogen-bond donors (Lipinski definition) is 0. The molecule has 0 radical (unpaired) electrons. The minimum atomic E-state index is -4.46. The van der Waals surface area contributed by atoms with E-state index in [1.54, 1.807) is 0 Å². The maximum absolute atomic E-state index is 13.0. The van der Waals surface area contributed by atoms with Crippen LogP contribution in [0.15, 0.2) is 35.5 Å². The minimum absolute atomic E-state index is 0.0604. The molecule has 1 atom stereocenters. The van der Waals surface area contributed by atoms with Crippen molar-refractivity contribution in [3.05, 3.63) is 46.5 Å². The Hall–Kier alpha value is -1.49. The van der Waals surface area contributed by atoms with Crippen LogP contribution in [-0.2, 0) is 11.0 Å². The van der Waals surface area contributed by atoms with Crippen LogP contribution in [-0.4, -0.2) is 11.8 Å². The van der Waals surface area contributed by atoms with Gasteiger partial charge in [-0.1, -0.05) is 22.8 Å². The van der Waals surface area contributed by atoms with Crippen LogP contribution in [0.2, 0.25) is 5.02 Å². The van der Waals surface area contributed by atoms with Crippen molar-refractivity contribution in [1.29, 1.82) is 0 Å². The molecule has 1 aliphatic carbocycles. The molecule has 0 aromatic heterocycles. The molecule has 0 amide bonds. The van der Waals surface area contributed by atoms with Gasteiger partial charge in [-0.15, -0.1) is 0 Å². The van der Waals surface area contributed by atoms with Crippen molar-refractivity contribution < 1.29 is 18.0 Å². The number of allylic oxidation sites excluding steroid dienone is 1. The first-order chi connectivity index (χ1) is 9.88. The van der Waals surface area contributed by atoms with Crippen molar-refractivity contribution in [3.63, 3.8) is 0 Å². The van der Waals surface area contributed by atoms with Crippen molar-refractivity contribution in [1.82, 2.24) is 0 Å². The standard InChI is InChI=1S/C15H15ClF3NO/c1-10(20-21-12-5-3-2-4-6-12)13-9-11(16)7-8-14(13)15(17,18)19/h3,5,7-9,12H,2,4,6H2,1H3/b20-10+. The smallest absolute Gasteiger partial charge is 0.388 e. The number of hydrogen-bond acceptors (Lipinski definition) is 2. The Kier molecular flexibility index (Phi) is 4.93. The summed E-state index contributed by atoms with van der Waals surface area (Å²) in [5.41, 5.74) is -0.672. The van der Waals surface area contributed by atoms with E-state index in [4.69, 9.17) is 16.4 Å². The fourth-order valence-electron chi connectivity index (χ4n) is 2.13. The quantitative estimate of drug-likeness (QED) is 0.426. The lowest BCUT2D eigenvalue weighted by Crippen LogP contribution is -2.14. The van der Waals surface area contributed by atoms with E-state index in [1.165, 1.54) is 19.1 Å². The van der Waals surface area contributed by atoms with Crippen molar-refractivity contribution >= 4 is 17.3 Å². The van der Waals surface area contributed by atoms with Crippen LogP contribution in [0, 0.1) is 0 Å². The normalized spacial score (nSPS) is 19.7. The number of alkyl halides is 3. The van der Waals surface area contributed by atoms with Gasteiger partial charge < -0.3 is 4.84 Å². The van der Waals surface area contributed by atoms with Gasteiger partial charge in [0.2, 0.25) is 0 Å². The molecule has 2 rings (SSSR count). The van der Waals surface area contributed by atoms with E-state index < -0.39 is 11.7 Å². The van der Waals surface area contributed by atoms with Gasteiger partial charge in [-0.3, -0.25) is 0 Å². The summed E-state index contributed by atoms with van der Waals surface area (Å²) in [5.74, 6) is 0. The molecule has 0 bridgehead atoms. The van der Waals surface area contributed by atoms with Crippen LogP contribution >= 0.6 is 11.6 Å². The van der Waals surface area contributed by atoms with Gasteiger partial charge in [0.15, 0.2) is 0 Å². The van der Waals surface area contributed by atoms with Crippen molar-refractivity contribution in [2.24, 2.45) is 5.16 Å². The summed E-state index contributed by atoms with van der Waals surface area (Å²) >= 11 is 5.79. The largest absolute Gasteiger partial charge is 0.417 e. The predicted molar refractivity (Wildman–Crippen MR) is 76.5 cm³/mol. The van der Waals surface area contributed by atoms with E-state index in [1.807, 2.05) is 12.2 Å². The summed E-state index contributed by atoms with van der Waals surface area (Å²) in [6, 6.07) is 3.42. The Balaban J connectivity index is 2.25. The molecule has 2 nitrogen and oxygen atoms in total. The molecule has 0 fully saturated rings. The lowest BCUT2D eigenvalue weighted by atomic mass is 10.0. The van der Waals surface area contributed by atoms with Gasteiger partial charge >= 0.3 is 6.18 Å². The van der Waals surface area contributed by atoms with Crippen LogP contribution in [0.1, 0.15) is 37.3 Å². The minimum Gasteiger partial charge on any atom is -0.388 e. The van der Waals surface area contributed by atoms with E-state index in [9.17, 15) is 13.2 Å². The average Bonchev–Trinajstić information content (AvgIpc) is 2.44. The molecule has 1 unspecified atom stereocenters. The molecule has 0 aliphatic heterocycles. The van der Waals surface area contributed by atoms with Crippen LogP contribution in [0.4, 0.5) is 13.2 Å². The molecule has 0 N–H and O–H groups in total. The monoisotopic (exact) mass is 317 g/mol. The number of halogens is 4. The summed E-state index contributed by atoms with van der Waals surface area (Å²) < 4.78 is 39.0. The molecule has 1 aromatic rings. The fourth-order valence-corrected chi connectivity index (χ4v) is 2.30. The number of rotatable bonds is 3. The Labute approximate surface area is 126 Å². The first kappa shape index (κ1) is 15.9. The van der Waals surface area contributed by atoms with Gasteiger partial charge in [-0.05, 0) is 50.5 Å². The SMILES string of the molecule is C/C(=N\OC1C=CCCC1)c1cc(Cl)ccc1C(F)(F)F. The molecule has 0 heterocycles. The third-order valence-electron chi connectivity index (χ3n) is 3.21. The Morgan fingerprint density at radius 1 is 1.38 bits per heavy atom. The molecule has 21 heavy (non-hydrogen) atoms. The maximum Gasteiger partial charge on any atom is 0.417 e. The highest BCUT2D eigenvalue weighted by Gasteiger charge is 2.34. The third kappa shape index (κ3) is 4.24. The lowest BCUT2D eigenvalue weighted by molar-refractivity contribution is -0.137.